The first-order valence-electron chi connectivity index (χ1n) is 5.84. The van der Waals surface area contributed by atoms with Gasteiger partial charge in [0, 0.05) is 19.6 Å². The number of carbonyl (C=O) groups is 2. The zero-order valence-electron chi connectivity index (χ0n) is 10.1. The second-order valence-electron chi connectivity index (χ2n) is 4.62. The Morgan fingerprint density at radius 1 is 1.56 bits per heavy atom. The lowest BCUT2D eigenvalue weighted by atomic mass is 9.99. The van der Waals surface area contributed by atoms with Gasteiger partial charge >= 0.3 is 12.0 Å². The van der Waals surface area contributed by atoms with Crippen molar-refractivity contribution < 1.29 is 14.7 Å². The molecule has 98 valence electrons. The molecule has 0 saturated carbocycles. The summed E-state index contributed by atoms with van der Waals surface area (Å²) < 4.78 is 0. The summed E-state index contributed by atoms with van der Waals surface area (Å²) in [5.74, 6) is -1.26. The van der Waals surface area contributed by atoms with Crippen molar-refractivity contribution in [3.63, 3.8) is 0 Å². The van der Waals surface area contributed by atoms with Crippen molar-refractivity contribution in [2.24, 2.45) is 11.8 Å². The number of urea groups is 1. The van der Waals surface area contributed by atoms with E-state index in [-0.39, 0.29) is 11.9 Å². The summed E-state index contributed by atoms with van der Waals surface area (Å²) in [7, 11) is 0. The van der Waals surface area contributed by atoms with Gasteiger partial charge in [0.2, 0.25) is 0 Å². The molecule has 0 spiro atoms. The molecule has 6 heteroatoms. The van der Waals surface area contributed by atoms with E-state index in [2.05, 4.69) is 5.32 Å². The average molecular weight is 268 g/mol. The van der Waals surface area contributed by atoms with Crippen LogP contribution in [0.1, 0.15) is 12.5 Å². The van der Waals surface area contributed by atoms with E-state index in [0.717, 1.165) is 5.56 Å². The average Bonchev–Trinajstić information content (AvgIpc) is 2.94. The predicted molar refractivity (Wildman–Crippen MR) is 68.4 cm³/mol. The molecular formula is C12H16N2O3S. The van der Waals surface area contributed by atoms with Gasteiger partial charge in [0.25, 0.3) is 0 Å². The molecule has 0 bridgehead atoms. The van der Waals surface area contributed by atoms with Crippen molar-refractivity contribution in [1.82, 2.24) is 10.2 Å². The molecule has 2 N–H and O–H groups in total. The van der Waals surface area contributed by atoms with Gasteiger partial charge in [-0.2, -0.15) is 11.3 Å². The molecule has 1 fully saturated rings. The van der Waals surface area contributed by atoms with Crippen molar-refractivity contribution in [1.29, 1.82) is 0 Å². The molecule has 0 radical (unpaired) electrons. The summed E-state index contributed by atoms with van der Waals surface area (Å²) >= 11 is 1.59. The van der Waals surface area contributed by atoms with Gasteiger partial charge in [-0.05, 0) is 28.3 Å². The summed E-state index contributed by atoms with van der Waals surface area (Å²) in [6.07, 6.45) is 0. The molecule has 2 atom stereocenters. The number of thiophene rings is 1. The number of carboxylic acid groups (broad SMARTS) is 1. The normalized spacial score (nSPS) is 23.1. The fourth-order valence-corrected chi connectivity index (χ4v) is 2.81. The molecule has 0 aliphatic carbocycles. The molecule has 2 rings (SSSR count). The van der Waals surface area contributed by atoms with Crippen LogP contribution in [0.5, 0.6) is 0 Å². The van der Waals surface area contributed by atoms with Gasteiger partial charge in [0.05, 0.1) is 5.92 Å². The van der Waals surface area contributed by atoms with Crippen molar-refractivity contribution >= 4 is 23.3 Å². The Balaban J connectivity index is 1.85. The summed E-state index contributed by atoms with van der Waals surface area (Å²) in [6, 6.07) is 1.77. The lowest BCUT2D eigenvalue weighted by molar-refractivity contribution is -0.142. The third kappa shape index (κ3) is 2.81. The molecule has 2 amide bonds. The fourth-order valence-electron chi connectivity index (χ4n) is 2.14. The number of amides is 2. The van der Waals surface area contributed by atoms with Gasteiger partial charge in [-0.15, -0.1) is 0 Å². The van der Waals surface area contributed by atoms with Crippen molar-refractivity contribution in [3.05, 3.63) is 22.4 Å². The van der Waals surface area contributed by atoms with Crippen LogP contribution in [0.2, 0.25) is 0 Å². The van der Waals surface area contributed by atoms with E-state index in [4.69, 9.17) is 5.11 Å². The quantitative estimate of drug-likeness (QED) is 0.875. The SMILES string of the molecule is C[C@@H]1CN(C(=O)NCc2ccsc2)C[C@H]1C(=O)O. The molecule has 1 aliphatic rings. The third-order valence-corrected chi connectivity index (χ3v) is 3.97. The van der Waals surface area contributed by atoms with Crippen LogP contribution in [0.3, 0.4) is 0 Å². The first-order chi connectivity index (χ1) is 8.58. The van der Waals surface area contributed by atoms with Crippen LogP contribution in [0.25, 0.3) is 0 Å². The van der Waals surface area contributed by atoms with E-state index in [0.29, 0.717) is 19.6 Å². The molecule has 0 unspecified atom stereocenters. The second-order valence-corrected chi connectivity index (χ2v) is 5.40. The Kier molecular flexibility index (Phi) is 3.86. The maximum Gasteiger partial charge on any atom is 0.317 e. The Bertz CT molecular complexity index is 433. The molecule has 1 aromatic rings. The highest BCUT2D eigenvalue weighted by Gasteiger charge is 2.36. The number of nitrogens with one attached hydrogen (secondary N) is 1. The van der Waals surface area contributed by atoms with Crippen LogP contribution in [0, 0.1) is 11.8 Å². The Labute approximate surface area is 109 Å². The van der Waals surface area contributed by atoms with E-state index < -0.39 is 11.9 Å². The Morgan fingerprint density at radius 3 is 2.89 bits per heavy atom. The maximum atomic E-state index is 11.9. The molecule has 1 aliphatic heterocycles. The minimum Gasteiger partial charge on any atom is -0.481 e. The summed E-state index contributed by atoms with van der Waals surface area (Å²) in [5, 5.41) is 15.8. The van der Waals surface area contributed by atoms with Crippen LogP contribution < -0.4 is 5.32 Å². The minimum atomic E-state index is -0.823. The van der Waals surface area contributed by atoms with Crippen molar-refractivity contribution in [2.45, 2.75) is 13.5 Å². The van der Waals surface area contributed by atoms with Gasteiger partial charge in [0.15, 0.2) is 0 Å². The highest BCUT2D eigenvalue weighted by molar-refractivity contribution is 7.07. The maximum absolute atomic E-state index is 11.9. The smallest absolute Gasteiger partial charge is 0.317 e. The van der Waals surface area contributed by atoms with Crippen molar-refractivity contribution in [2.75, 3.05) is 13.1 Å². The van der Waals surface area contributed by atoms with Crippen LogP contribution in [0.4, 0.5) is 4.79 Å². The highest BCUT2D eigenvalue weighted by atomic mass is 32.1. The van der Waals surface area contributed by atoms with Crippen LogP contribution in [0.15, 0.2) is 16.8 Å². The number of nitrogens with zero attached hydrogens (tertiary/aromatic N) is 1. The monoisotopic (exact) mass is 268 g/mol. The standard InChI is InChI=1S/C12H16N2O3S/c1-8-5-14(6-10(8)11(15)16)12(17)13-4-9-2-3-18-7-9/h2-3,7-8,10H,4-6H2,1H3,(H,13,17)(H,15,16)/t8-,10-/m1/s1. The van der Waals surface area contributed by atoms with Crippen LogP contribution in [-0.2, 0) is 11.3 Å². The summed E-state index contributed by atoms with van der Waals surface area (Å²) in [5.41, 5.74) is 1.07. The Morgan fingerprint density at radius 2 is 2.33 bits per heavy atom. The predicted octanol–water partition coefficient (Wildman–Crippen LogP) is 1.61. The molecule has 2 heterocycles. The van der Waals surface area contributed by atoms with Crippen molar-refractivity contribution in [3.8, 4) is 0 Å². The lowest BCUT2D eigenvalue weighted by Crippen LogP contribution is -2.38. The summed E-state index contributed by atoms with van der Waals surface area (Å²) in [6.45, 7) is 3.16. The molecule has 0 aromatic carbocycles. The largest absolute Gasteiger partial charge is 0.481 e. The zero-order valence-corrected chi connectivity index (χ0v) is 10.9. The fraction of sp³-hybridized carbons (Fsp3) is 0.500. The number of carbonyl (C=O) groups excluding carboxylic acids is 1. The number of likely N-dealkylation sites (tertiary alicyclic amines) is 1. The molecule has 5 nitrogen and oxygen atoms in total. The molecule has 1 aromatic heterocycles. The minimum absolute atomic E-state index is 0.00870. The van der Waals surface area contributed by atoms with Gasteiger partial charge < -0.3 is 15.3 Å². The van der Waals surface area contributed by atoms with Crippen LogP contribution >= 0.6 is 11.3 Å². The number of carboxylic acids is 1. The van der Waals surface area contributed by atoms with E-state index in [1.54, 1.807) is 16.2 Å². The number of rotatable bonds is 3. The van der Waals surface area contributed by atoms with E-state index in [9.17, 15) is 9.59 Å². The first kappa shape index (κ1) is 12.9. The van der Waals surface area contributed by atoms with E-state index in [1.807, 2.05) is 23.8 Å². The van der Waals surface area contributed by atoms with Gasteiger partial charge in [-0.1, -0.05) is 6.92 Å². The van der Waals surface area contributed by atoms with E-state index >= 15 is 0 Å². The molecular weight excluding hydrogens is 252 g/mol. The first-order valence-corrected chi connectivity index (χ1v) is 6.79. The van der Waals surface area contributed by atoms with Gasteiger partial charge in [-0.3, -0.25) is 4.79 Å². The highest BCUT2D eigenvalue weighted by Crippen LogP contribution is 2.23. The van der Waals surface area contributed by atoms with E-state index in [1.165, 1.54) is 0 Å². The third-order valence-electron chi connectivity index (χ3n) is 3.24. The zero-order chi connectivity index (χ0) is 13.1. The van der Waals surface area contributed by atoms with Gasteiger partial charge in [-0.25, -0.2) is 4.79 Å². The second kappa shape index (κ2) is 5.39. The topological polar surface area (TPSA) is 69.6 Å². The van der Waals surface area contributed by atoms with Gasteiger partial charge in [0.1, 0.15) is 0 Å². The number of hydrogen-bond donors (Lipinski definition) is 2. The Hall–Kier alpha value is -1.56. The molecule has 1 saturated heterocycles. The van der Waals surface area contributed by atoms with Crippen LogP contribution in [-0.4, -0.2) is 35.1 Å². The molecule has 18 heavy (non-hydrogen) atoms. The number of hydrogen-bond acceptors (Lipinski definition) is 3. The number of aliphatic carboxylic acids is 1. The summed E-state index contributed by atoms with van der Waals surface area (Å²) in [4.78, 5) is 24.4. The lowest BCUT2D eigenvalue weighted by Gasteiger charge is -2.16.